The van der Waals surface area contributed by atoms with Crippen LogP contribution in [-0.2, 0) is 0 Å². The summed E-state index contributed by atoms with van der Waals surface area (Å²) in [6.07, 6.45) is 7.41. The summed E-state index contributed by atoms with van der Waals surface area (Å²) in [5, 5.41) is 3.14. The molecule has 1 N–H and O–H groups in total. The van der Waals surface area contributed by atoms with Gasteiger partial charge >= 0.3 is 0 Å². The van der Waals surface area contributed by atoms with Crippen molar-refractivity contribution >= 4 is 5.84 Å². The van der Waals surface area contributed by atoms with Crippen LogP contribution in [0, 0.1) is 12.3 Å². The van der Waals surface area contributed by atoms with Crippen LogP contribution >= 0.6 is 0 Å². The Morgan fingerprint density at radius 2 is 2.60 bits per heavy atom. The summed E-state index contributed by atoms with van der Waals surface area (Å²) in [6.45, 7) is 2.92. The van der Waals surface area contributed by atoms with Gasteiger partial charge in [0.15, 0.2) is 0 Å². The van der Waals surface area contributed by atoms with Gasteiger partial charge in [-0.05, 0) is 13.3 Å². The van der Waals surface area contributed by atoms with E-state index in [0.29, 0.717) is 0 Å². The maximum Gasteiger partial charge on any atom is 0.0973 e. The van der Waals surface area contributed by atoms with E-state index in [-0.39, 0.29) is 6.04 Å². The maximum absolute atomic E-state index is 5.18. The van der Waals surface area contributed by atoms with Crippen LogP contribution in [0.3, 0.4) is 0 Å². The van der Waals surface area contributed by atoms with E-state index in [9.17, 15) is 0 Å². The molecule has 0 radical (unpaired) electrons. The zero-order valence-corrected chi connectivity index (χ0v) is 6.22. The molecular weight excluding hydrogens is 124 g/mol. The van der Waals surface area contributed by atoms with E-state index in [0.717, 1.165) is 18.8 Å². The minimum atomic E-state index is 0.122. The Hall–Kier alpha value is -0.970. The van der Waals surface area contributed by atoms with Crippen LogP contribution in [0.5, 0.6) is 0 Å². The summed E-state index contributed by atoms with van der Waals surface area (Å²) in [5.74, 6) is 3.67. The van der Waals surface area contributed by atoms with Gasteiger partial charge in [0.1, 0.15) is 0 Å². The van der Waals surface area contributed by atoms with Crippen LogP contribution in [0.2, 0.25) is 0 Å². The molecule has 0 aliphatic carbocycles. The average Bonchev–Trinajstić information content (AvgIpc) is 2.40. The molecular formula is C8H12N2. The Morgan fingerprint density at radius 1 is 1.80 bits per heavy atom. The molecule has 0 fully saturated rings. The fraction of sp³-hybridized carbons (Fsp3) is 0.625. The lowest BCUT2D eigenvalue weighted by Gasteiger charge is -2.06. The lowest BCUT2D eigenvalue weighted by Crippen LogP contribution is -2.29. The number of nitrogens with zero attached hydrogens (tertiary/aromatic N) is 1. The molecule has 0 saturated heterocycles. The molecule has 0 saturated carbocycles. The highest BCUT2D eigenvalue weighted by atomic mass is 15.0. The van der Waals surface area contributed by atoms with Crippen molar-refractivity contribution in [2.45, 2.75) is 25.8 Å². The standard InChI is InChI=1S/C8H12N2/c1-3-7(2)10-8-5-4-6-9-8/h1,7H,4-6H2,2H3,(H,9,10). The van der Waals surface area contributed by atoms with E-state index < -0.39 is 0 Å². The van der Waals surface area contributed by atoms with Crippen molar-refractivity contribution in [3.8, 4) is 12.3 Å². The summed E-state index contributed by atoms with van der Waals surface area (Å²) in [7, 11) is 0. The van der Waals surface area contributed by atoms with Crippen molar-refractivity contribution in [3.05, 3.63) is 0 Å². The molecule has 0 spiro atoms. The SMILES string of the molecule is C#CC(C)NC1=NCCC1. The van der Waals surface area contributed by atoms with Gasteiger partial charge in [0.25, 0.3) is 0 Å². The fourth-order valence-corrected chi connectivity index (χ4v) is 0.949. The van der Waals surface area contributed by atoms with Crippen LogP contribution < -0.4 is 5.32 Å². The number of hydrogen-bond donors (Lipinski definition) is 1. The third kappa shape index (κ3) is 1.77. The van der Waals surface area contributed by atoms with Crippen LogP contribution in [0.25, 0.3) is 0 Å². The van der Waals surface area contributed by atoms with Crippen molar-refractivity contribution in [3.63, 3.8) is 0 Å². The van der Waals surface area contributed by atoms with Crippen molar-refractivity contribution in [2.24, 2.45) is 4.99 Å². The third-order valence-electron chi connectivity index (χ3n) is 1.51. The topological polar surface area (TPSA) is 24.4 Å². The molecule has 2 nitrogen and oxygen atoms in total. The summed E-state index contributed by atoms with van der Waals surface area (Å²) < 4.78 is 0. The monoisotopic (exact) mass is 136 g/mol. The van der Waals surface area contributed by atoms with Crippen LogP contribution in [-0.4, -0.2) is 18.4 Å². The highest BCUT2D eigenvalue weighted by Gasteiger charge is 2.06. The predicted molar refractivity (Wildman–Crippen MR) is 43.0 cm³/mol. The van der Waals surface area contributed by atoms with Gasteiger partial charge in [-0.1, -0.05) is 5.92 Å². The maximum atomic E-state index is 5.18. The van der Waals surface area contributed by atoms with E-state index >= 15 is 0 Å². The zero-order chi connectivity index (χ0) is 7.40. The lowest BCUT2D eigenvalue weighted by molar-refractivity contribution is 0.818. The molecule has 1 heterocycles. The first-order valence-corrected chi connectivity index (χ1v) is 3.59. The molecule has 10 heavy (non-hydrogen) atoms. The molecule has 54 valence electrons. The Bertz CT molecular complexity index is 176. The van der Waals surface area contributed by atoms with Gasteiger partial charge in [-0.2, -0.15) is 0 Å². The molecule has 0 amide bonds. The molecule has 0 aromatic rings. The Morgan fingerprint density at radius 3 is 3.10 bits per heavy atom. The quantitative estimate of drug-likeness (QED) is 0.529. The van der Waals surface area contributed by atoms with Gasteiger partial charge in [0.05, 0.1) is 11.9 Å². The second-order valence-electron chi connectivity index (χ2n) is 2.46. The summed E-state index contributed by atoms with van der Waals surface area (Å²) in [6, 6.07) is 0.122. The van der Waals surface area contributed by atoms with Gasteiger partial charge < -0.3 is 5.32 Å². The molecule has 2 heteroatoms. The van der Waals surface area contributed by atoms with Crippen molar-refractivity contribution in [1.29, 1.82) is 0 Å². The number of rotatable bonds is 1. The first-order chi connectivity index (χ1) is 4.83. The van der Waals surface area contributed by atoms with E-state index in [1.165, 1.54) is 6.42 Å². The fourth-order valence-electron chi connectivity index (χ4n) is 0.949. The highest BCUT2D eigenvalue weighted by Crippen LogP contribution is 2.01. The number of amidine groups is 1. The number of aliphatic imine (C=N–C) groups is 1. The van der Waals surface area contributed by atoms with E-state index in [4.69, 9.17) is 6.42 Å². The lowest BCUT2D eigenvalue weighted by atomic mass is 10.3. The van der Waals surface area contributed by atoms with Crippen molar-refractivity contribution < 1.29 is 0 Å². The number of hydrogen-bond acceptors (Lipinski definition) is 2. The first-order valence-electron chi connectivity index (χ1n) is 3.59. The van der Waals surface area contributed by atoms with Crippen LogP contribution in [0.15, 0.2) is 4.99 Å². The molecule has 1 unspecified atom stereocenters. The molecule has 1 aliphatic rings. The highest BCUT2D eigenvalue weighted by molar-refractivity contribution is 5.84. The van der Waals surface area contributed by atoms with Gasteiger partial charge in [-0.3, -0.25) is 4.99 Å². The van der Waals surface area contributed by atoms with Crippen molar-refractivity contribution in [2.75, 3.05) is 6.54 Å². The smallest absolute Gasteiger partial charge is 0.0973 e. The van der Waals surface area contributed by atoms with Gasteiger partial charge in [0.2, 0.25) is 0 Å². The normalized spacial score (nSPS) is 19.4. The molecule has 1 aliphatic heterocycles. The van der Waals surface area contributed by atoms with Gasteiger partial charge in [-0.25, -0.2) is 0 Å². The second-order valence-corrected chi connectivity index (χ2v) is 2.46. The Balaban J connectivity index is 2.32. The Kier molecular flexibility index (Phi) is 2.33. The van der Waals surface area contributed by atoms with Crippen molar-refractivity contribution in [1.82, 2.24) is 5.32 Å². The van der Waals surface area contributed by atoms with Gasteiger partial charge in [0, 0.05) is 13.0 Å². The summed E-state index contributed by atoms with van der Waals surface area (Å²) in [4.78, 5) is 4.23. The number of terminal acetylenes is 1. The zero-order valence-electron chi connectivity index (χ0n) is 6.22. The van der Waals surface area contributed by atoms with Gasteiger partial charge in [-0.15, -0.1) is 6.42 Å². The first kappa shape index (κ1) is 7.14. The largest absolute Gasteiger partial charge is 0.361 e. The molecule has 1 atom stereocenters. The second kappa shape index (κ2) is 3.26. The molecule has 0 aromatic heterocycles. The number of nitrogens with one attached hydrogen (secondary N) is 1. The van der Waals surface area contributed by atoms with Crippen LogP contribution in [0.4, 0.5) is 0 Å². The average molecular weight is 136 g/mol. The minimum absolute atomic E-state index is 0.122. The Labute approximate surface area is 61.7 Å². The van der Waals surface area contributed by atoms with Crippen LogP contribution in [0.1, 0.15) is 19.8 Å². The molecule has 1 rings (SSSR count). The van der Waals surface area contributed by atoms with E-state index in [1.807, 2.05) is 6.92 Å². The predicted octanol–water partition coefficient (Wildman–Crippen LogP) is 0.790. The molecule has 0 bridgehead atoms. The van der Waals surface area contributed by atoms with E-state index in [2.05, 4.69) is 16.2 Å². The third-order valence-corrected chi connectivity index (χ3v) is 1.51. The summed E-state index contributed by atoms with van der Waals surface area (Å²) in [5.41, 5.74) is 0. The summed E-state index contributed by atoms with van der Waals surface area (Å²) >= 11 is 0. The van der Waals surface area contributed by atoms with E-state index in [1.54, 1.807) is 0 Å². The molecule has 0 aromatic carbocycles. The minimum Gasteiger partial charge on any atom is -0.361 e.